The largest absolute Gasteiger partial charge is 0.493 e. The summed E-state index contributed by atoms with van der Waals surface area (Å²) < 4.78 is 1.66. The highest BCUT2D eigenvalue weighted by molar-refractivity contribution is 6.21. The van der Waals surface area contributed by atoms with Crippen LogP contribution in [0.1, 0.15) is 20.7 Å². The Kier molecular flexibility index (Phi) is 5.19. The van der Waals surface area contributed by atoms with Gasteiger partial charge in [0.1, 0.15) is 5.69 Å². The van der Waals surface area contributed by atoms with E-state index in [9.17, 15) is 14.7 Å². The van der Waals surface area contributed by atoms with Crippen LogP contribution in [0.3, 0.4) is 0 Å². The molecule has 2 aromatic heterocycles. The highest BCUT2D eigenvalue weighted by Crippen LogP contribution is 2.41. The SMILES string of the molecule is O=C1c2ccccc2C(=O)N1CCn1c(O)c(N=Nc2c3ccccc3nc3ccccc23)c2ccccc21. The van der Waals surface area contributed by atoms with E-state index in [-0.39, 0.29) is 30.8 Å². The number of aromatic hydroxyl groups is 1. The van der Waals surface area contributed by atoms with Crippen molar-refractivity contribution in [3.63, 3.8) is 0 Å². The number of fused-ring (bicyclic) bond motifs is 4. The van der Waals surface area contributed by atoms with Crippen molar-refractivity contribution in [3.05, 3.63) is 108 Å². The maximum absolute atomic E-state index is 12.9. The minimum absolute atomic E-state index is 0.0840. The van der Waals surface area contributed by atoms with Gasteiger partial charge in [0.15, 0.2) is 5.69 Å². The van der Waals surface area contributed by atoms with Gasteiger partial charge in [-0.05, 0) is 30.3 Å². The van der Waals surface area contributed by atoms with E-state index in [1.807, 2.05) is 72.8 Å². The molecule has 3 heterocycles. The van der Waals surface area contributed by atoms with Crippen LogP contribution in [0.15, 0.2) is 107 Å². The molecule has 6 aromatic rings. The summed E-state index contributed by atoms with van der Waals surface area (Å²) >= 11 is 0. The first-order valence-electron chi connectivity index (χ1n) is 12.6. The summed E-state index contributed by atoms with van der Waals surface area (Å²) in [5, 5.41) is 22.9. The van der Waals surface area contributed by atoms with Crippen LogP contribution in [-0.2, 0) is 6.54 Å². The molecule has 4 aromatic carbocycles. The highest BCUT2D eigenvalue weighted by atomic mass is 16.3. The molecule has 7 rings (SSSR count). The molecule has 0 unspecified atom stereocenters. The van der Waals surface area contributed by atoms with Crippen LogP contribution in [0, 0.1) is 0 Å². The van der Waals surface area contributed by atoms with Gasteiger partial charge in [0.2, 0.25) is 5.88 Å². The van der Waals surface area contributed by atoms with E-state index in [4.69, 9.17) is 4.98 Å². The summed E-state index contributed by atoms with van der Waals surface area (Å²) in [6.45, 7) is 0.309. The molecule has 0 saturated carbocycles. The van der Waals surface area contributed by atoms with E-state index >= 15 is 0 Å². The molecule has 2 amide bonds. The van der Waals surface area contributed by atoms with Gasteiger partial charge in [0, 0.05) is 29.2 Å². The predicted octanol–water partition coefficient (Wildman–Crippen LogP) is 6.76. The van der Waals surface area contributed by atoms with Crippen molar-refractivity contribution in [3.8, 4) is 5.88 Å². The zero-order chi connectivity index (χ0) is 26.5. The molecular weight excluding hydrogens is 490 g/mol. The van der Waals surface area contributed by atoms with Crippen molar-refractivity contribution in [2.75, 3.05) is 6.54 Å². The van der Waals surface area contributed by atoms with Gasteiger partial charge in [0.05, 0.1) is 27.7 Å². The maximum Gasteiger partial charge on any atom is 0.261 e. The zero-order valence-electron chi connectivity index (χ0n) is 20.7. The highest BCUT2D eigenvalue weighted by Gasteiger charge is 2.35. The molecule has 0 spiro atoms. The van der Waals surface area contributed by atoms with Crippen molar-refractivity contribution in [2.24, 2.45) is 10.2 Å². The Labute approximate surface area is 222 Å². The smallest absolute Gasteiger partial charge is 0.261 e. The second-order valence-corrected chi connectivity index (χ2v) is 9.34. The fraction of sp³-hybridized carbons (Fsp3) is 0.0645. The third-order valence-electron chi connectivity index (χ3n) is 7.15. The summed E-state index contributed by atoms with van der Waals surface area (Å²) in [6.07, 6.45) is 0. The van der Waals surface area contributed by atoms with Crippen molar-refractivity contribution in [1.82, 2.24) is 14.5 Å². The van der Waals surface area contributed by atoms with Crippen molar-refractivity contribution < 1.29 is 14.7 Å². The molecular formula is C31H21N5O3. The number of rotatable bonds is 5. The Bertz CT molecular complexity index is 1900. The predicted molar refractivity (Wildman–Crippen MR) is 149 cm³/mol. The number of azo groups is 1. The minimum atomic E-state index is -0.331. The molecule has 1 N–H and O–H groups in total. The number of benzene rings is 4. The third kappa shape index (κ3) is 3.57. The number of aromatic nitrogens is 2. The van der Waals surface area contributed by atoms with Crippen LogP contribution >= 0.6 is 0 Å². The molecule has 188 valence electrons. The number of imide groups is 1. The van der Waals surface area contributed by atoms with E-state index in [1.165, 1.54) is 4.90 Å². The van der Waals surface area contributed by atoms with Gasteiger partial charge in [0.25, 0.3) is 11.8 Å². The molecule has 0 saturated heterocycles. The number of hydrogen-bond donors (Lipinski definition) is 1. The van der Waals surface area contributed by atoms with Crippen LogP contribution in [-0.4, -0.2) is 37.9 Å². The topological polar surface area (TPSA) is 100 Å². The monoisotopic (exact) mass is 511 g/mol. The molecule has 0 aliphatic carbocycles. The van der Waals surface area contributed by atoms with Crippen LogP contribution in [0.25, 0.3) is 32.7 Å². The van der Waals surface area contributed by atoms with Crippen molar-refractivity contribution >= 4 is 55.9 Å². The van der Waals surface area contributed by atoms with Crippen molar-refractivity contribution in [1.29, 1.82) is 0 Å². The Morgan fingerprint density at radius 2 is 1.13 bits per heavy atom. The molecule has 0 bridgehead atoms. The average molecular weight is 512 g/mol. The minimum Gasteiger partial charge on any atom is -0.493 e. The number of hydrogen-bond acceptors (Lipinski definition) is 6. The number of nitrogens with zero attached hydrogens (tertiary/aromatic N) is 5. The summed E-state index contributed by atoms with van der Waals surface area (Å²) in [6, 6.07) is 29.8. The zero-order valence-corrected chi connectivity index (χ0v) is 20.7. The molecule has 8 heteroatoms. The third-order valence-corrected chi connectivity index (χ3v) is 7.15. The number of amides is 2. The molecule has 1 aliphatic heterocycles. The van der Waals surface area contributed by atoms with Gasteiger partial charge in [-0.1, -0.05) is 66.7 Å². The van der Waals surface area contributed by atoms with Gasteiger partial charge in [-0.2, -0.15) is 0 Å². The lowest BCUT2D eigenvalue weighted by molar-refractivity contribution is 0.0648. The standard InChI is InChI=1S/C31H21N5O3/c37-29-19-9-1-2-10-20(19)30(38)36(29)18-17-35-26-16-8-5-13-23(26)28(31(35)39)34-33-27-21-11-3-6-14-24(21)32-25-15-7-4-12-22(25)27/h1-16,39H,17-18H2. The summed E-state index contributed by atoms with van der Waals surface area (Å²) in [7, 11) is 0. The molecule has 0 atom stereocenters. The summed E-state index contributed by atoms with van der Waals surface area (Å²) in [5.41, 5.74) is 4.11. The number of carbonyl (C=O) groups is 2. The van der Waals surface area contributed by atoms with Gasteiger partial charge >= 0.3 is 0 Å². The fourth-order valence-corrected chi connectivity index (χ4v) is 5.26. The number of carbonyl (C=O) groups excluding carboxylic acids is 2. The van der Waals surface area contributed by atoms with Crippen LogP contribution < -0.4 is 0 Å². The van der Waals surface area contributed by atoms with Gasteiger partial charge in [-0.15, -0.1) is 10.2 Å². The van der Waals surface area contributed by atoms with Gasteiger partial charge < -0.3 is 9.67 Å². The van der Waals surface area contributed by atoms with Crippen LogP contribution in [0.4, 0.5) is 11.4 Å². The lowest BCUT2D eigenvalue weighted by Crippen LogP contribution is -2.32. The van der Waals surface area contributed by atoms with E-state index in [1.54, 1.807) is 28.8 Å². The van der Waals surface area contributed by atoms with Gasteiger partial charge in [-0.25, -0.2) is 4.98 Å². The van der Waals surface area contributed by atoms with E-state index < -0.39 is 0 Å². The fourth-order valence-electron chi connectivity index (χ4n) is 5.26. The Balaban J connectivity index is 1.28. The molecule has 0 radical (unpaired) electrons. The molecule has 39 heavy (non-hydrogen) atoms. The Hall–Kier alpha value is -5.37. The van der Waals surface area contributed by atoms with Crippen LogP contribution in [0.5, 0.6) is 5.88 Å². The number of pyridine rings is 1. The molecule has 8 nitrogen and oxygen atoms in total. The first-order chi connectivity index (χ1) is 19.1. The van der Waals surface area contributed by atoms with Crippen LogP contribution in [0.2, 0.25) is 0 Å². The quantitative estimate of drug-likeness (QED) is 0.157. The lowest BCUT2D eigenvalue weighted by atomic mass is 10.1. The first-order valence-corrected chi connectivity index (χ1v) is 12.6. The first kappa shape index (κ1) is 22.8. The van der Waals surface area contributed by atoms with E-state index in [0.29, 0.717) is 27.9 Å². The Morgan fingerprint density at radius 3 is 1.77 bits per heavy atom. The van der Waals surface area contributed by atoms with E-state index in [2.05, 4.69) is 10.2 Å². The lowest BCUT2D eigenvalue weighted by Gasteiger charge is -2.15. The average Bonchev–Trinajstić information content (AvgIpc) is 3.38. The van der Waals surface area contributed by atoms with E-state index in [0.717, 1.165) is 27.3 Å². The molecule has 0 fully saturated rings. The van der Waals surface area contributed by atoms with Gasteiger partial charge in [-0.3, -0.25) is 14.5 Å². The molecule has 1 aliphatic rings. The number of para-hydroxylation sites is 3. The second-order valence-electron chi connectivity index (χ2n) is 9.34. The summed E-state index contributed by atoms with van der Waals surface area (Å²) in [5.74, 6) is -0.745. The Morgan fingerprint density at radius 1 is 0.615 bits per heavy atom. The summed E-state index contributed by atoms with van der Waals surface area (Å²) in [4.78, 5) is 31.7. The second kappa shape index (κ2) is 8.88. The maximum atomic E-state index is 12.9. The van der Waals surface area contributed by atoms with Crippen molar-refractivity contribution in [2.45, 2.75) is 6.54 Å². The normalized spacial score (nSPS) is 13.4.